The normalized spacial score (nSPS) is 14.7. The van der Waals surface area contributed by atoms with Crippen molar-refractivity contribution in [3.8, 4) is 11.3 Å². The highest BCUT2D eigenvalue weighted by atomic mass is 16.2. The largest absolute Gasteiger partial charge is 0.349 e. The Morgan fingerprint density at radius 1 is 0.938 bits per heavy atom. The van der Waals surface area contributed by atoms with Gasteiger partial charge in [0.25, 0.3) is 5.91 Å². The van der Waals surface area contributed by atoms with Gasteiger partial charge in [-0.25, -0.2) is 0 Å². The summed E-state index contributed by atoms with van der Waals surface area (Å²) in [5, 5.41) is 6.06. The van der Waals surface area contributed by atoms with Gasteiger partial charge in [-0.15, -0.1) is 0 Å². The van der Waals surface area contributed by atoms with Crippen LogP contribution in [0.15, 0.2) is 72.8 Å². The van der Waals surface area contributed by atoms with Crippen molar-refractivity contribution in [3.05, 3.63) is 84.1 Å². The van der Waals surface area contributed by atoms with Crippen molar-refractivity contribution >= 4 is 17.5 Å². The van der Waals surface area contributed by atoms with Crippen molar-refractivity contribution in [1.29, 1.82) is 0 Å². The maximum absolute atomic E-state index is 12.8. The molecule has 0 radical (unpaired) electrons. The highest BCUT2D eigenvalue weighted by Gasteiger charge is 2.23. The van der Waals surface area contributed by atoms with Gasteiger partial charge >= 0.3 is 0 Å². The number of benzene rings is 2. The summed E-state index contributed by atoms with van der Waals surface area (Å²) >= 11 is 0. The zero-order valence-electron chi connectivity index (χ0n) is 18.3. The van der Waals surface area contributed by atoms with E-state index in [2.05, 4.69) is 20.5 Å². The third-order valence-electron chi connectivity index (χ3n) is 5.75. The predicted octanol–water partition coefficient (Wildman–Crippen LogP) is 3.89. The number of hydrogen-bond acceptors (Lipinski definition) is 4. The lowest BCUT2D eigenvalue weighted by Gasteiger charge is -2.32. The van der Waals surface area contributed by atoms with E-state index >= 15 is 0 Å². The number of likely N-dealkylation sites (tertiary alicyclic amines) is 1. The Labute approximate surface area is 188 Å². The zero-order valence-corrected chi connectivity index (χ0v) is 18.3. The van der Waals surface area contributed by atoms with E-state index < -0.39 is 0 Å². The van der Waals surface area contributed by atoms with Gasteiger partial charge in [-0.1, -0.05) is 48.5 Å². The number of carbonyl (C=O) groups is 2. The van der Waals surface area contributed by atoms with Crippen LogP contribution in [0.2, 0.25) is 0 Å². The quantitative estimate of drug-likeness (QED) is 0.625. The van der Waals surface area contributed by atoms with Crippen molar-refractivity contribution in [3.63, 3.8) is 0 Å². The highest BCUT2D eigenvalue weighted by Crippen LogP contribution is 2.19. The Morgan fingerprint density at radius 3 is 2.25 bits per heavy atom. The number of aryl methyl sites for hydroxylation is 1. The summed E-state index contributed by atoms with van der Waals surface area (Å²) in [5.74, 6) is -0.103. The number of piperidine rings is 1. The van der Waals surface area contributed by atoms with Crippen LogP contribution in [-0.4, -0.2) is 47.4 Å². The molecule has 6 heteroatoms. The molecule has 2 amide bonds. The summed E-state index contributed by atoms with van der Waals surface area (Å²) in [4.78, 5) is 31.8. The lowest BCUT2D eigenvalue weighted by atomic mass is 10.0. The molecule has 6 nitrogen and oxygen atoms in total. The minimum absolute atomic E-state index is 0.0149. The van der Waals surface area contributed by atoms with Gasteiger partial charge in [-0.2, -0.15) is 0 Å². The summed E-state index contributed by atoms with van der Waals surface area (Å²) in [7, 11) is 0. The molecule has 2 N–H and O–H groups in total. The van der Waals surface area contributed by atoms with E-state index in [0.29, 0.717) is 12.1 Å². The molecule has 3 aromatic rings. The van der Waals surface area contributed by atoms with Crippen LogP contribution < -0.4 is 10.6 Å². The fourth-order valence-electron chi connectivity index (χ4n) is 3.99. The molecule has 1 aliphatic heterocycles. The van der Waals surface area contributed by atoms with Crippen LogP contribution in [0.5, 0.6) is 0 Å². The molecule has 1 aliphatic rings. The second-order valence-electron chi connectivity index (χ2n) is 8.13. The van der Waals surface area contributed by atoms with Crippen LogP contribution in [0.25, 0.3) is 11.3 Å². The average molecular weight is 429 g/mol. The fraction of sp³-hybridized carbons (Fsp3) is 0.269. The topological polar surface area (TPSA) is 74.3 Å². The molecule has 0 aliphatic carbocycles. The Kier molecular flexibility index (Phi) is 6.92. The van der Waals surface area contributed by atoms with Crippen molar-refractivity contribution in [2.75, 3.05) is 25.0 Å². The molecule has 2 heterocycles. The molecular formula is C26H28N4O2. The summed E-state index contributed by atoms with van der Waals surface area (Å²) in [6, 6.07) is 23.3. The SMILES string of the molecule is Cc1nc(-c2ccccc2)ccc1C(=O)NC1CCN(CC(=O)Nc2ccccc2)CC1. The number of hydrogen-bond donors (Lipinski definition) is 2. The van der Waals surface area contributed by atoms with E-state index in [0.717, 1.165) is 48.6 Å². The minimum atomic E-state index is -0.0881. The van der Waals surface area contributed by atoms with Gasteiger partial charge < -0.3 is 10.6 Å². The van der Waals surface area contributed by atoms with Crippen LogP contribution in [0.3, 0.4) is 0 Å². The average Bonchev–Trinajstić information content (AvgIpc) is 2.81. The zero-order chi connectivity index (χ0) is 22.3. The lowest BCUT2D eigenvalue weighted by Crippen LogP contribution is -2.46. The molecular weight excluding hydrogens is 400 g/mol. The van der Waals surface area contributed by atoms with E-state index in [4.69, 9.17) is 0 Å². The first-order valence-corrected chi connectivity index (χ1v) is 11.0. The monoisotopic (exact) mass is 428 g/mol. The molecule has 2 aromatic carbocycles. The Balaban J connectivity index is 1.27. The van der Waals surface area contributed by atoms with E-state index in [1.165, 1.54) is 0 Å². The summed E-state index contributed by atoms with van der Waals surface area (Å²) < 4.78 is 0. The first-order chi connectivity index (χ1) is 15.6. The molecule has 0 saturated carbocycles. The molecule has 4 rings (SSSR count). The molecule has 0 spiro atoms. The van der Waals surface area contributed by atoms with Crippen molar-refractivity contribution < 1.29 is 9.59 Å². The second-order valence-corrected chi connectivity index (χ2v) is 8.13. The number of amides is 2. The summed E-state index contributed by atoms with van der Waals surface area (Å²) in [6.45, 7) is 3.78. The van der Waals surface area contributed by atoms with Crippen LogP contribution in [0.4, 0.5) is 5.69 Å². The fourth-order valence-corrected chi connectivity index (χ4v) is 3.99. The maximum atomic E-state index is 12.8. The van der Waals surface area contributed by atoms with Gasteiger partial charge in [0.15, 0.2) is 0 Å². The minimum Gasteiger partial charge on any atom is -0.349 e. The molecule has 0 atom stereocenters. The maximum Gasteiger partial charge on any atom is 0.253 e. The number of anilines is 1. The van der Waals surface area contributed by atoms with Gasteiger partial charge in [0.05, 0.1) is 23.5 Å². The molecule has 1 saturated heterocycles. The number of pyridine rings is 1. The van der Waals surface area contributed by atoms with Gasteiger partial charge in [0.1, 0.15) is 0 Å². The van der Waals surface area contributed by atoms with Crippen molar-refractivity contribution in [1.82, 2.24) is 15.2 Å². The van der Waals surface area contributed by atoms with E-state index in [1.54, 1.807) is 0 Å². The van der Waals surface area contributed by atoms with E-state index in [-0.39, 0.29) is 17.9 Å². The molecule has 32 heavy (non-hydrogen) atoms. The molecule has 1 fully saturated rings. The molecule has 164 valence electrons. The third kappa shape index (κ3) is 5.59. The van der Waals surface area contributed by atoms with Crippen molar-refractivity contribution in [2.24, 2.45) is 0 Å². The molecule has 1 aromatic heterocycles. The number of nitrogens with zero attached hydrogens (tertiary/aromatic N) is 2. The smallest absolute Gasteiger partial charge is 0.253 e. The van der Waals surface area contributed by atoms with Gasteiger partial charge in [-0.3, -0.25) is 19.5 Å². The standard InChI is InChI=1S/C26H28N4O2/c1-19-23(12-13-24(27-19)20-8-4-2-5-9-20)26(32)29-22-14-16-30(17-15-22)18-25(31)28-21-10-6-3-7-11-21/h2-13,22H,14-18H2,1H3,(H,28,31)(H,29,32). The lowest BCUT2D eigenvalue weighted by molar-refractivity contribution is -0.117. The van der Waals surface area contributed by atoms with Crippen molar-refractivity contribution in [2.45, 2.75) is 25.8 Å². The summed E-state index contributed by atoms with van der Waals surface area (Å²) in [5.41, 5.74) is 4.03. The van der Waals surface area contributed by atoms with Crippen LogP contribution >= 0.6 is 0 Å². The van der Waals surface area contributed by atoms with Crippen LogP contribution in [0.1, 0.15) is 28.9 Å². The second kappa shape index (κ2) is 10.2. The first-order valence-electron chi connectivity index (χ1n) is 11.0. The highest BCUT2D eigenvalue weighted by molar-refractivity contribution is 5.95. The Morgan fingerprint density at radius 2 is 1.59 bits per heavy atom. The Bertz CT molecular complexity index is 1060. The third-order valence-corrected chi connectivity index (χ3v) is 5.75. The van der Waals surface area contributed by atoms with Crippen LogP contribution in [-0.2, 0) is 4.79 Å². The number of nitrogens with one attached hydrogen (secondary N) is 2. The summed E-state index contributed by atoms with van der Waals surface area (Å²) in [6.07, 6.45) is 1.64. The number of rotatable bonds is 6. The van der Waals surface area contributed by atoms with Gasteiger partial charge in [0, 0.05) is 30.4 Å². The predicted molar refractivity (Wildman–Crippen MR) is 126 cm³/mol. The van der Waals surface area contributed by atoms with Gasteiger partial charge in [0.2, 0.25) is 5.91 Å². The number of carbonyl (C=O) groups excluding carboxylic acids is 2. The Hall–Kier alpha value is -3.51. The number of para-hydroxylation sites is 1. The van der Waals surface area contributed by atoms with Crippen LogP contribution in [0, 0.1) is 6.92 Å². The number of aromatic nitrogens is 1. The molecule has 0 unspecified atom stereocenters. The molecule has 0 bridgehead atoms. The van der Waals surface area contributed by atoms with E-state index in [1.807, 2.05) is 79.7 Å². The first kappa shape index (κ1) is 21.7. The van der Waals surface area contributed by atoms with E-state index in [9.17, 15) is 9.59 Å². The van der Waals surface area contributed by atoms with Gasteiger partial charge in [-0.05, 0) is 44.0 Å².